The Morgan fingerprint density at radius 2 is 1.59 bits per heavy atom. The Morgan fingerprint density at radius 1 is 0.793 bits per heavy atom. The molecule has 0 aliphatic carbocycles. The zero-order valence-corrected chi connectivity index (χ0v) is 16.5. The van der Waals surface area contributed by atoms with Crippen molar-refractivity contribution in [3.05, 3.63) is 88.9 Å². The van der Waals surface area contributed by atoms with Gasteiger partial charge in [-0.25, -0.2) is 4.98 Å². The molecule has 0 fully saturated rings. The summed E-state index contributed by atoms with van der Waals surface area (Å²) in [7, 11) is 0. The number of aromatic nitrogens is 1. The first-order chi connectivity index (χ1) is 14.3. The fraction of sp³-hybridized carbons (Fsp3) is 0.115. The Morgan fingerprint density at radius 3 is 2.41 bits per heavy atom. The number of halogens is 1. The minimum atomic E-state index is 0.597. The van der Waals surface area contributed by atoms with Crippen LogP contribution in [-0.2, 0) is 17.8 Å². The molecule has 1 aromatic heterocycles. The third-order valence-corrected chi connectivity index (χ3v) is 6.16. The van der Waals surface area contributed by atoms with Gasteiger partial charge in [-0.05, 0) is 63.9 Å². The number of rotatable bonds is 1. The van der Waals surface area contributed by atoms with Crippen LogP contribution in [-0.4, -0.2) is 11.6 Å². The normalized spacial score (nSPS) is 13.8. The summed E-state index contributed by atoms with van der Waals surface area (Å²) in [5, 5.41) is 7.06. The molecular weight excluding hydrogens is 378 g/mol. The SMILES string of the molecule is Clc1ccc(-c2nc3ccc4cc5ccccc5cc4c3c3c2COCC3)cc1. The van der Waals surface area contributed by atoms with Gasteiger partial charge in [-0.15, -0.1) is 0 Å². The Labute approximate surface area is 173 Å². The van der Waals surface area contributed by atoms with Crippen molar-refractivity contribution in [2.75, 3.05) is 6.61 Å². The summed E-state index contributed by atoms with van der Waals surface area (Å²) in [4.78, 5) is 5.10. The minimum Gasteiger partial charge on any atom is -0.376 e. The lowest BCUT2D eigenvalue weighted by molar-refractivity contribution is 0.111. The smallest absolute Gasteiger partial charge is 0.0767 e. The molecule has 0 bridgehead atoms. The van der Waals surface area contributed by atoms with E-state index in [2.05, 4.69) is 48.5 Å². The third-order valence-electron chi connectivity index (χ3n) is 5.91. The summed E-state index contributed by atoms with van der Waals surface area (Å²) in [5.41, 5.74) is 5.69. The second-order valence-corrected chi connectivity index (χ2v) is 8.04. The van der Waals surface area contributed by atoms with Gasteiger partial charge in [0, 0.05) is 21.5 Å². The molecule has 0 atom stereocenters. The van der Waals surface area contributed by atoms with Crippen LogP contribution in [0.2, 0.25) is 5.02 Å². The predicted molar refractivity (Wildman–Crippen MR) is 121 cm³/mol. The van der Waals surface area contributed by atoms with E-state index < -0.39 is 0 Å². The molecule has 0 N–H and O–H groups in total. The quantitative estimate of drug-likeness (QED) is 0.226. The highest BCUT2D eigenvalue weighted by molar-refractivity contribution is 6.30. The van der Waals surface area contributed by atoms with Crippen LogP contribution in [0.25, 0.3) is 43.7 Å². The molecule has 6 rings (SSSR count). The molecule has 0 saturated carbocycles. The molecule has 0 spiro atoms. The van der Waals surface area contributed by atoms with E-state index in [0.717, 1.165) is 34.8 Å². The average molecular weight is 396 g/mol. The Kier molecular flexibility index (Phi) is 3.83. The van der Waals surface area contributed by atoms with Crippen molar-refractivity contribution in [3.63, 3.8) is 0 Å². The van der Waals surface area contributed by atoms with Crippen LogP contribution >= 0.6 is 11.6 Å². The molecule has 5 aromatic rings. The number of hydrogen-bond donors (Lipinski definition) is 0. The molecule has 3 heteroatoms. The van der Waals surface area contributed by atoms with Gasteiger partial charge in [-0.1, -0.05) is 54.1 Å². The average Bonchev–Trinajstić information content (AvgIpc) is 2.77. The van der Waals surface area contributed by atoms with Crippen LogP contribution in [0, 0.1) is 0 Å². The van der Waals surface area contributed by atoms with Crippen LogP contribution in [0.15, 0.2) is 72.8 Å². The fourth-order valence-electron chi connectivity index (χ4n) is 4.52. The second-order valence-electron chi connectivity index (χ2n) is 7.61. The largest absolute Gasteiger partial charge is 0.376 e. The van der Waals surface area contributed by atoms with Crippen LogP contribution < -0.4 is 0 Å². The van der Waals surface area contributed by atoms with Crippen molar-refractivity contribution in [1.29, 1.82) is 0 Å². The Hall–Kier alpha value is -2.94. The summed E-state index contributed by atoms with van der Waals surface area (Å²) in [5.74, 6) is 0. The zero-order chi connectivity index (χ0) is 19.4. The van der Waals surface area contributed by atoms with Gasteiger partial charge in [0.1, 0.15) is 0 Å². The van der Waals surface area contributed by atoms with Crippen molar-refractivity contribution in [3.8, 4) is 11.3 Å². The molecule has 140 valence electrons. The highest BCUT2D eigenvalue weighted by atomic mass is 35.5. The molecule has 29 heavy (non-hydrogen) atoms. The molecular formula is C26H18ClNO. The van der Waals surface area contributed by atoms with Crippen LogP contribution in [0.1, 0.15) is 11.1 Å². The van der Waals surface area contributed by atoms with Crippen molar-refractivity contribution in [1.82, 2.24) is 4.98 Å². The molecule has 1 aliphatic rings. The molecule has 0 amide bonds. The van der Waals surface area contributed by atoms with Gasteiger partial charge in [0.25, 0.3) is 0 Å². The lowest BCUT2D eigenvalue weighted by Gasteiger charge is -2.23. The standard InChI is InChI=1S/C26H18ClNO/c27-20-8-5-16(6-9-20)26-23-15-29-12-11-21(23)25-22-14-18-4-2-1-3-17(18)13-19(22)7-10-24(25)28-26/h1-10,13-14H,11-12,15H2. The number of benzene rings is 4. The topological polar surface area (TPSA) is 22.1 Å². The van der Waals surface area contributed by atoms with E-state index in [0.29, 0.717) is 6.61 Å². The molecule has 0 saturated heterocycles. The summed E-state index contributed by atoms with van der Waals surface area (Å²) in [6, 6.07) is 25.4. The van der Waals surface area contributed by atoms with E-state index in [1.807, 2.05) is 24.3 Å². The van der Waals surface area contributed by atoms with Gasteiger partial charge >= 0.3 is 0 Å². The van der Waals surface area contributed by atoms with Gasteiger partial charge < -0.3 is 4.74 Å². The minimum absolute atomic E-state index is 0.597. The summed E-state index contributed by atoms with van der Waals surface area (Å²) < 4.78 is 5.85. The maximum atomic E-state index is 6.11. The van der Waals surface area contributed by atoms with E-state index in [4.69, 9.17) is 21.3 Å². The third kappa shape index (κ3) is 2.71. The van der Waals surface area contributed by atoms with E-state index in [1.54, 1.807) is 0 Å². The maximum absolute atomic E-state index is 6.11. The van der Waals surface area contributed by atoms with Crippen molar-refractivity contribution in [2.45, 2.75) is 13.0 Å². The monoisotopic (exact) mass is 395 g/mol. The Balaban J connectivity index is 1.72. The number of pyridine rings is 1. The van der Waals surface area contributed by atoms with E-state index in [1.165, 1.54) is 38.1 Å². The van der Waals surface area contributed by atoms with E-state index in [9.17, 15) is 0 Å². The van der Waals surface area contributed by atoms with E-state index >= 15 is 0 Å². The lowest BCUT2D eigenvalue weighted by atomic mass is 9.90. The molecule has 2 nitrogen and oxygen atoms in total. The van der Waals surface area contributed by atoms with Gasteiger partial charge in [-0.3, -0.25) is 0 Å². The van der Waals surface area contributed by atoms with Crippen molar-refractivity contribution >= 4 is 44.0 Å². The first-order valence-corrected chi connectivity index (χ1v) is 10.3. The van der Waals surface area contributed by atoms with Gasteiger partial charge in [0.05, 0.1) is 24.4 Å². The molecule has 0 unspecified atom stereocenters. The summed E-state index contributed by atoms with van der Waals surface area (Å²) >= 11 is 6.11. The molecule has 2 heterocycles. The molecule has 0 radical (unpaired) electrons. The van der Waals surface area contributed by atoms with Crippen molar-refractivity contribution in [2.24, 2.45) is 0 Å². The second kappa shape index (κ2) is 6.55. The van der Waals surface area contributed by atoms with E-state index in [-0.39, 0.29) is 0 Å². The highest BCUT2D eigenvalue weighted by Crippen LogP contribution is 2.38. The highest BCUT2D eigenvalue weighted by Gasteiger charge is 2.21. The maximum Gasteiger partial charge on any atom is 0.0767 e. The zero-order valence-electron chi connectivity index (χ0n) is 15.8. The van der Waals surface area contributed by atoms with Crippen LogP contribution in [0.5, 0.6) is 0 Å². The van der Waals surface area contributed by atoms with Gasteiger partial charge in [0.2, 0.25) is 0 Å². The van der Waals surface area contributed by atoms with Gasteiger partial charge in [-0.2, -0.15) is 0 Å². The number of ether oxygens (including phenoxy) is 1. The van der Waals surface area contributed by atoms with Crippen LogP contribution in [0.3, 0.4) is 0 Å². The first-order valence-electron chi connectivity index (χ1n) is 9.88. The number of nitrogens with zero attached hydrogens (tertiary/aromatic N) is 1. The molecule has 4 aromatic carbocycles. The van der Waals surface area contributed by atoms with Gasteiger partial charge in [0.15, 0.2) is 0 Å². The van der Waals surface area contributed by atoms with Crippen LogP contribution in [0.4, 0.5) is 0 Å². The lowest BCUT2D eigenvalue weighted by Crippen LogP contribution is -2.13. The summed E-state index contributed by atoms with van der Waals surface area (Å²) in [6.45, 7) is 1.34. The number of fused-ring (bicyclic) bond motifs is 6. The predicted octanol–water partition coefficient (Wildman–Crippen LogP) is 6.93. The Bertz CT molecular complexity index is 1410. The first kappa shape index (κ1) is 17.0. The fourth-order valence-corrected chi connectivity index (χ4v) is 4.65. The van der Waals surface area contributed by atoms with Crippen molar-refractivity contribution < 1.29 is 4.74 Å². The summed E-state index contributed by atoms with van der Waals surface area (Å²) in [6.07, 6.45) is 0.904. The number of hydrogen-bond acceptors (Lipinski definition) is 2. The molecule has 1 aliphatic heterocycles.